The second-order valence-corrected chi connectivity index (χ2v) is 3.30. The summed E-state index contributed by atoms with van der Waals surface area (Å²) in [4.78, 5) is 4.17. The van der Waals surface area contributed by atoms with Crippen molar-refractivity contribution in [2.45, 2.75) is 18.4 Å². The van der Waals surface area contributed by atoms with E-state index in [1.54, 1.807) is 11.3 Å². The van der Waals surface area contributed by atoms with E-state index in [-0.39, 0.29) is 0 Å². The maximum atomic E-state index is 5.62. The molecule has 0 unspecified atom stereocenters. The van der Waals surface area contributed by atoms with Crippen LogP contribution in [-0.2, 0) is 0 Å². The molecule has 0 radical (unpaired) electrons. The van der Waals surface area contributed by atoms with Crippen LogP contribution >= 0.6 is 11.3 Å². The third-order valence-electron chi connectivity index (χ3n) is 1.61. The van der Waals surface area contributed by atoms with Crippen molar-refractivity contribution in [1.29, 1.82) is 0 Å². The van der Waals surface area contributed by atoms with Gasteiger partial charge in [0.25, 0.3) is 0 Å². The number of nitrogens with two attached hydrogens (primary N) is 1. The van der Waals surface area contributed by atoms with Gasteiger partial charge in [-0.2, -0.15) is 0 Å². The van der Waals surface area contributed by atoms with Crippen LogP contribution < -0.4 is 5.73 Å². The molecule has 0 aromatic carbocycles. The molecule has 1 heterocycles. The topological polar surface area (TPSA) is 38.9 Å². The first-order valence-electron chi connectivity index (χ1n) is 3.03. The minimum absolute atomic E-state index is 0.399. The summed E-state index contributed by atoms with van der Waals surface area (Å²) in [5.41, 5.74) is 5.62. The fraction of sp³-hybridized carbons (Fsp3) is 0.500. The minimum atomic E-state index is 0.399. The molecule has 1 saturated carbocycles. The van der Waals surface area contributed by atoms with E-state index in [2.05, 4.69) is 4.98 Å². The zero-order chi connectivity index (χ0) is 6.27. The Labute approximate surface area is 57.7 Å². The Morgan fingerprint density at radius 3 is 3.00 bits per heavy atom. The molecule has 2 atom stereocenters. The lowest BCUT2D eigenvalue weighted by atomic mass is 10.4. The van der Waals surface area contributed by atoms with Crippen LogP contribution in [-0.4, -0.2) is 11.0 Å². The Balaban J connectivity index is 2.18. The molecule has 0 aliphatic heterocycles. The Kier molecular flexibility index (Phi) is 1.07. The first-order valence-corrected chi connectivity index (χ1v) is 3.91. The van der Waals surface area contributed by atoms with Crippen LogP contribution in [0.4, 0.5) is 0 Å². The maximum absolute atomic E-state index is 5.62. The lowest BCUT2D eigenvalue weighted by molar-refractivity contribution is 0.975. The van der Waals surface area contributed by atoms with Crippen LogP contribution in [0, 0.1) is 0 Å². The van der Waals surface area contributed by atoms with Gasteiger partial charge in [0.15, 0.2) is 0 Å². The van der Waals surface area contributed by atoms with Crippen molar-refractivity contribution >= 4 is 11.3 Å². The third-order valence-corrected chi connectivity index (χ3v) is 2.52. The molecule has 1 aliphatic carbocycles. The Hall–Kier alpha value is -0.410. The average molecular weight is 140 g/mol. The van der Waals surface area contributed by atoms with Gasteiger partial charge in [-0.25, -0.2) is 4.98 Å². The molecular formula is C6H8N2S. The molecule has 2 nitrogen and oxygen atoms in total. The van der Waals surface area contributed by atoms with E-state index >= 15 is 0 Å². The standard InChI is InChI=1S/C6H8N2S/c7-5-3-4(5)6-8-1-2-9-6/h1-2,4-5H,3,7H2/t4-,5-/m0/s1. The molecule has 1 fully saturated rings. The average Bonchev–Trinajstić information content (AvgIpc) is 2.44. The number of rotatable bonds is 1. The number of aromatic nitrogens is 1. The molecule has 0 spiro atoms. The van der Waals surface area contributed by atoms with Gasteiger partial charge in [0.1, 0.15) is 0 Å². The summed E-state index contributed by atoms with van der Waals surface area (Å²) in [6, 6.07) is 0.399. The second kappa shape index (κ2) is 1.78. The first-order chi connectivity index (χ1) is 4.38. The highest BCUT2D eigenvalue weighted by atomic mass is 32.1. The van der Waals surface area contributed by atoms with Gasteiger partial charge in [0, 0.05) is 23.5 Å². The molecule has 2 N–H and O–H groups in total. The van der Waals surface area contributed by atoms with Gasteiger partial charge in [0.05, 0.1) is 5.01 Å². The van der Waals surface area contributed by atoms with Crippen LogP contribution in [0.3, 0.4) is 0 Å². The predicted molar refractivity (Wildman–Crippen MR) is 37.4 cm³/mol. The summed E-state index contributed by atoms with van der Waals surface area (Å²) >= 11 is 1.71. The van der Waals surface area contributed by atoms with Gasteiger partial charge < -0.3 is 5.73 Å². The van der Waals surface area contributed by atoms with Gasteiger partial charge in [-0.3, -0.25) is 0 Å². The van der Waals surface area contributed by atoms with Gasteiger partial charge in [-0.1, -0.05) is 0 Å². The van der Waals surface area contributed by atoms with Crippen LogP contribution in [0.1, 0.15) is 17.3 Å². The highest BCUT2D eigenvalue weighted by Crippen LogP contribution is 2.39. The van der Waals surface area contributed by atoms with Gasteiger partial charge >= 0.3 is 0 Å². The molecule has 0 bridgehead atoms. The number of hydrogen-bond donors (Lipinski definition) is 1. The molecule has 1 aliphatic rings. The summed E-state index contributed by atoms with van der Waals surface area (Å²) in [6.07, 6.45) is 2.97. The summed E-state index contributed by atoms with van der Waals surface area (Å²) in [5.74, 6) is 0.588. The number of thiazole rings is 1. The molecule has 0 amide bonds. The van der Waals surface area contributed by atoms with E-state index in [1.807, 2.05) is 11.6 Å². The minimum Gasteiger partial charge on any atom is -0.327 e. The smallest absolute Gasteiger partial charge is 0.0971 e. The predicted octanol–water partition coefficient (Wildman–Crippen LogP) is 0.958. The van der Waals surface area contributed by atoms with Crippen molar-refractivity contribution in [2.75, 3.05) is 0 Å². The lowest BCUT2D eigenvalue weighted by Gasteiger charge is -1.84. The van der Waals surface area contributed by atoms with Gasteiger partial charge in [-0.15, -0.1) is 11.3 Å². The van der Waals surface area contributed by atoms with Crippen molar-refractivity contribution in [3.05, 3.63) is 16.6 Å². The Morgan fingerprint density at radius 1 is 1.78 bits per heavy atom. The quantitative estimate of drug-likeness (QED) is 0.631. The Morgan fingerprint density at radius 2 is 2.56 bits per heavy atom. The molecular weight excluding hydrogens is 132 g/mol. The van der Waals surface area contributed by atoms with E-state index in [0.29, 0.717) is 12.0 Å². The van der Waals surface area contributed by atoms with Crippen molar-refractivity contribution in [2.24, 2.45) is 5.73 Å². The van der Waals surface area contributed by atoms with E-state index in [0.717, 1.165) is 6.42 Å². The number of hydrogen-bond acceptors (Lipinski definition) is 3. The van der Waals surface area contributed by atoms with Crippen molar-refractivity contribution in [3.8, 4) is 0 Å². The first kappa shape index (κ1) is 5.38. The van der Waals surface area contributed by atoms with Crippen molar-refractivity contribution in [3.63, 3.8) is 0 Å². The van der Waals surface area contributed by atoms with Crippen molar-refractivity contribution < 1.29 is 0 Å². The van der Waals surface area contributed by atoms with Crippen LogP contribution in [0.2, 0.25) is 0 Å². The van der Waals surface area contributed by atoms with Gasteiger partial charge in [0.2, 0.25) is 0 Å². The zero-order valence-electron chi connectivity index (χ0n) is 4.95. The molecule has 9 heavy (non-hydrogen) atoms. The summed E-state index contributed by atoms with van der Waals surface area (Å²) in [6.45, 7) is 0. The highest BCUT2D eigenvalue weighted by molar-refractivity contribution is 7.09. The zero-order valence-corrected chi connectivity index (χ0v) is 5.77. The molecule has 48 valence electrons. The lowest BCUT2D eigenvalue weighted by Crippen LogP contribution is -2.00. The largest absolute Gasteiger partial charge is 0.327 e. The highest BCUT2D eigenvalue weighted by Gasteiger charge is 2.36. The van der Waals surface area contributed by atoms with Gasteiger partial charge in [-0.05, 0) is 6.42 Å². The normalized spacial score (nSPS) is 32.6. The fourth-order valence-corrected chi connectivity index (χ4v) is 1.74. The van der Waals surface area contributed by atoms with E-state index in [4.69, 9.17) is 5.73 Å². The summed E-state index contributed by atoms with van der Waals surface area (Å²) in [7, 11) is 0. The van der Waals surface area contributed by atoms with Crippen LogP contribution in [0.5, 0.6) is 0 Å². The molecule has 3 heteroatoms. The van der Waals surface area contributed by atoms with E-state index < -0.39 is 0 Å². The SMILES string of the molecule is N[C@H]1C[C@@H]1c1nccs1. The number of nitrogens with zero attached hydrogens (tertiary/aromatic N) is 1. The summed E-state index contributed by atoms with van der Waals surface area (Å²) < 4.78 is 0. The second-order valence-electron chi connectivity index (χ2n) is 2.38. The van der Waals surface area contributed by atoms with Crippen LogP contribution in [0.15, 0.2) is 11.6 Å². The Bertz CT molecular complexity index is 195. The molecule has 0 saturated heterocycles. The van der Waals surface area contributed by atoms with Crippen LogP contribution in [0.25, 0.3) is 0 Å². The van der Waals surface area contributed by atoms with Crippen molar-refractivity contribution in [1.82, 2.24) is 4.98 Å². The molecule has 1 aromatic heterocycles. The van der Waals surface area contributed by atoms with E-state index in [9.17, 15) is 0 Å². The maximum Gasteiger partial charge on any atom is 0.0971 e. The fourth-order valence-electron chi connectivity index (χ4n) is 0.916. The third kappa shape index (κ3) is 0.862. The summed E-state index contributed by atoms with van der Waals surface area (Å²) in [5, 5.41) is 3.21. The molecule has 1 aromatic rings. The van der Waals surface area contributed by atoms with E-state index in [1.165, 1.54) is 5.01 Å². The molecule has 2 rings (SSSR count). The monoisotopic (exact) mass is 140 g/mol.